The molecule has 0 fully saturated rings. The molecule has 0 saturated heterocycles. The summed E-state index contributed by atoms with van der Waals surface area (Å²) in [5.74, 6) is 0.877. The van der Waals surface area contributed by atoms with Gasteiger partial charge in [0.25, 0.3) is 0 Å². The van der Waals surface area contributed by atoms with Gasteiger partial charge >= 0.3 is 0 Å². The lowest BCUT2D eigenvalue weighted by Gasteiger charge is -2.36. The van der Waals surface area contributed by atoms with Gasteiger partial charge in [0.1, 0.15) is 5.82 Å². The molecule has 94 valence electrons. The second kappa shape index (κ2) is 5.52. The van der Waals surface area contributed by atoms with Crippen molar-refractivity contribution in [3.8, 4) is 0 Å². The second-order valence-electron chi connectivity index (χ2n) is 4.91. The lowest BCUT2D eigenvalue weighted by molar-refractivity contribution is 0.517. The number of rotatable bonds is 4. The maximum atomic E-state index is 6.01. The average Bonchev–Trinajstić information content (AvgIpc) is 2.25. The molecule has 0 aliphatic rings. The fraction of sp³-hybridized carbons (Fsp3) is 0.462. The van der Waals surface area contributed by atoms with Gasteiger partial charge in [-0.05, 0) is 32.4 Å². The number of halogens is 1. The van der Waals surface area contributed by atoms with E-state index in [-0.39, 0.29) is 5.54 Å². The van der Waals surface area contributed by atoms with Gasteiger partial charge in [-0.1, -0.05) is 17.7 Å². The van der Waals surface area contributed by atoms with Crippen LogP contribution in [0.4, 0.5) is 5.82 Å². The number of nitrogens with zero attached hydrogens (tertiary/aromatic N) is 2. The minimum Gasteiger partial charge on any atom is -0.348 e. The zero-order chi connectivity index (χ0) is 13.1. The summed E-state index contributed by atoms with van der Waals surface area (Å²) in [6.45, 7) is 11.3. The minimum atomic E-state index is -0.0269. The van der Waals surface area contributed by atoms with Crippen LogP contribution >= 0.6 is 11.6 Å². The van der Waals surface area contributed by atoms with Crippen molar-refractivity contribution in [2.24, 2.45) is 5.73 Å². The quantitative estimate of drug-likeness (QED) is 0.839. The van der Waals surface area contributed by atoms with Gasteiger partial charge in [0.2, 0.25) is 0 Å². The molecule has 4 heteroatoms. The Hall–Kier alpha value is -1.06. The van der Waals surface area contributed by atoms with Crippen LogP contribution in [0.3, 0.4) is 0 Å². The van der Waals surface area contributed by atoms with Gasteiger partial charge in [0.05, 0.1) is 5.02 Å². The Labute approximate surface area is 108 Å². The molecule has 1 aromatic heterocycles. The van der Waals surface area contributed by atoms with Crippen molar-refractivity contribution in [3.05, 3.63) is 35.5 Å². The van der Waals surface area contributed by atoms with E-state index in [1.807, 2.05) is 12.1 Å². The molecule has 0 saturated carbocycles. The van der Waals surface area contributed by atoms with Crippen molar-refractivity contribution in [1.29, 1.82) is 0 Å². The van der Waals surface area contributed by atoms with Crippen LogP contribution in [0.5, 0.6) is 0 Å². The van der Waals surface area contributed by atoms with Gasteiger partial charge in [-0.3, -0.25) is 0 Å². The Morgan fingerprint density at radius 2 is 2.18 bits per heavy atom. The zero-order valence-corrected chi connectivity index (χ0v) is 11.5. The van der Waals surface area contributed by atoms with E-state index in [2.05, 4.69) is 37.2 Å². The van der Waals surface area contributed by atoms with Crippen molar-refractivity contribution >= 4 is 17.4 Å². The van der Waals surface area contributed by atoms with Crippen molar-refractivity contribution in [3.63, 3.8) is 0 Å². The van der Waals surface area contributed by atoms with E-state index >= 15 is 0 Å². The summed E-state index contributed by atoms with van der Waals surface area (Å²) < 4.78 is 0. The number of anilines is 1. The van der Waals surface area contributed by atoms with E-state index < -0.39 is 0 Å². The minimum absolute atomic E-state index is 0.0269. The highest BCUT2D eigenvalue weighted by Crippen LogP contribution is 2.25. The molecule has 1 aromatic rings. The molecule has 2 N–H and O–H groups in total. The van der Waals surface area contributed by atoms with Crippen LogP contribution in [0, 0.1) is 0 Å². The largest absolute Gasteiger partial charge is 0.348 e. The topological polar surface area (TPSA) is 42.1 Å². The first-order valence-electron chi connectivity index (χ1n) is 5.63. The molecule has 0 aromatic carbocycles. The van der Waals surface area contributed by atoms with E-state index in [1.54, 1.807) is 6.20 Å². The van der Waals surface area contributed by atoms with E-state index in [9.17, 15) is 0 Å². The molecule has 3 nitrogen and oxygen atoms in total. The lowest BCUT2D eigenvalue weighted by Crippen LogP contribution is -2.42. The number of aromatic nitrogens is 1. The summed E-state index contributed by atoms with van der Waals surface area (Å²) in [4.78, 5) is 6.53. The predicted octanol–water partition coefficient (Wildman–Crippen LogP) is 2.98. The highest BCUT2D eigenvalue weighted by Gasteiger charge is 2.22. The van der Waals surface area contributed by atoms with Crippen LogP contribution in [0.25, 0.3) is 0 Å². The first kappa shape index (κ1) is 14.0. The Bertz CT molecular complexity index is 396. The third-order valence-corrected chi connectivity index (χ3v) is 2.88. The van der Waals surface area contributed by atoms with Gasteiger partial charge in [0, 0.05) is 24.8 Å². The van der Waals surface area contributed by atoms with Crippen molar-refractivity contribution in [2.75, 3.05) is 11.4 Å². The number of nitrogens with two attached hydrogens (primary N) is 1. The van der Waals surface area contributed by atoms with Crippen LogP contribution in [0.2, 0.25) is 5.02 Å². The van der Waals surface area contributed by atoms with Crippen LogP contribution in [0.15, 0.2) is 24.9 Å². The first-order chi connectivity index (χ1) is 7.90. The van der Waals surface area contributed by atoms with E-state index in [0.717, 1.165) is 17.9 Å². The summed E-state index contributed by atoms with van der Waals surface area (Å²) in [7, 11) is 0. The van der Waals surface area contributed by atoms with Crippen LogP contribution < -0.4 is 10.6 Å². The van der Waals surface area contributed by atoms with E-state index in [1.165, 1.54) is 0 Å². The molecule has 0 aliphatic carbocycles. The van der Waals surface area contributed by atoms with Crippen molar-refractivity contribution in [2.45, 2.75) is 32.9 Å². The average molecular weight is 254 g/mol. The Morgan fingerprint density at radius 3 is 2.65 bits per heavy atom. The number of pyridine rings is 1. The third-order valence-electron chi connectivity index (χ3n) is 2.54. The first-order valence-corrected chi connectivity index (χ1v) is 6.01. The van der Waals surface area contributed by atoms with Gasteiger partial charge in [-0.15, -0.1) is 6.58 Å². The Balaban J connectivity index is 3.15. The summed E-state index contributed by atoms with van der Waals surface area (Å²) in [6, 6.07) is 1.94. The maximum absolute atomic E-state index is 6.01. The SMILES string of the molecule is C=CCN(c1cc(CN)c(Cl)cn1)C(C)(C)C. The molecule has 0 unspecified atom stereocenters. The van der Waals surface area contributed by atoms with E-state index in [0.29, 0.717) is 11.6 Å². The fourth-order valence-electron chi connectivity index (χ4n) is 1.61. The molecule has 0 radical (unpaired) electrons. The van der Waals surface area contributed by atoms with Crippen LogP contribution in [0.1, 0.15) is 26.3 Å². The summed E-state index contributed by atoms with van der Waals surface area (Å²) in [5, 5.41) is 0.615. The molecule has 1 rings (SSSR count). The van der Waals surface area contributed by atoms with Crippen molar-refractivity contribution in [1.82, 2.24) is 4.98 Å². The van der Waals surface area contributed by atoms with Crippen molar-refractivity contribution < 1.29 is 0 Å². The molecular formula is C13H20ClN3. The standard InChI is InChI=1S/C13H20ClN3/c1-5-6-17(13(2,3)4)12-7-10(8-15)11(14)9-16-12/h5,7,9H,1,6,8,15H2,2-4H3. The Morgan fingerprint density at radius 1 is 1.53 bits per heavy atom. The third kappa shape index (κ3) is 3.45. The smallest absolute Gasteiger partial charge is 0.129 e. The summed E-state index contributed by atoms with van der Waals surface area (Å²) in [6.07, 6.45) is 3.52. The fourth-order valence-corrected chi connectivity index (χ4v) is 1.79. The van der Waals surface area contributed by atoms with Crippen LogP contribution in [-0.4, -0.2) is 17.1 Å². The molecule has 0 spiro atoms. The zero-order valence-electron chi connectivity index (χ0n) is 10.7. The van der Waals surface area contributed by atoms with Gasteiger partial charge in [-0.25, -0.2) is 4.98 Å². The molecular weight excluding hydrogens is 234 g/mol. The number of hydrogen-bond acceptors (Lipinski definition) is 3. The second-order valence-corrected chi connectivity index (χ2v) is 5.32. The molecule has 0 atom stereocenters. The normalized spacial score (nSPS) is 11.4. The summed E-state index contributed by atoms with van der Waals surface area (Å²) in [5.41, 5.74) is 6.54. The monoisotopic (exact) mass is 253 g/mol. The van der Waals surface area contributed by atoms with Gasteiger partial charge in [0.15, 0.2) is 0 Å². The lowest BCUT2D eigenvalue weighted by atomic mass is 10.1. The number of hydrogen-bond donors (Lipinski definition) is 1. The molecule has 0 bridgehead atoms. The molecule has 17 heavy (non-hydrogen) atoms. The molecule has 0 aliphatic heterocycles. The predicted molar refractivity (Wildman–Crippen MR) is 74.4 cm³/mol. The molecule has 1 heterocycles. The van der Waals surface area contributed by atoms with Crippen LogP contribution in [-0.2, 0) is 6.54 Å². The summed E-state index contributed by atoms with van der Waals surface area (Å²) >= 11 is 6.01. The highest BCUT2D eigenvalue weighted by molar-refractivity contribution is 6.31. The van der Waals surface area contributed by atoms with Gasteiger partial charge < -0.3 is 10.6 Å². The van der Waals surface area contributed by atoms with Gasteiger partial charge in [-0.2, -0.15) is 0 Å². The Kier molecular flexibility index (Phi) is 4.54. The van der Waals surface area contributed by atoms with E-state index in [4.69, 9.17) is 17.3 Å². The maximum Gasteiger partial charge on any atom is 0.129 e. The molecule has 0 amide bonds. The highest BCUT2D eigenvalue weighted by atomic mass is 35.5.